The fraction of sp³-hybridized carbons (Fsp3) is 0.316. The largest absolute Gasteiger partial charge is 0.393 e. The van der Waals surface area contributed by atoms with Crippen molar-refractivity contribution in [1.82, 2.24) is 14.1 Å². The number of hydrogen-bond acceptors (Lipinski definition) is 5. The van der Waals surface area contributed by atoms with Gasteiger partial charge in [0.15, 0.2) is 0 Å². The fourth-order valence-electron chi connectivity index (χ4n) is 3.02. The van der Waals surface area contributed by atoms with E-state index in [9.17, 15) is 15.2 Å². The maximum atomic E-state index is 12.5. The molecule has 0 saturated heterocycles. The molecule has 3 aromatic rings. The van der Waals surface area contributed by atoms with E-state index in [0.29, 0.717) is 24.3 Å². The van der Waals surface area contributed by atoms with Crippen LogP contribution in [0.3, 0.4) is 0 Å². The zero-order chi connectivity index (χ0) is 19.7. The predicted molar refractivity (Wildman–Crippen MR) is 105 cm³/mol. The lowest BCUT2D eigenvalue weighted by Gasteiger charge is -2.11. The maximum absolute atomic E-state index is 12.5. The van der Waals surface area contributed by atoms with Crippen LogP contribution in [0.5, 0.6) is 0 Å². The highest BCUT2D eigenvalue weighted by Crippen LogP contribution is 2.28. The Morgan fingerprint density at radius 2 is 2.11 bits per heavy atom. The van der Waals surface area contributed by atoms with Gasteiger partial charge in [0.1, 0.15) is 16.8 Å². The highest BCUT2D eigenvalue weighted by molar-refractivity contribution is 6.31. The van der Waals surface area contributed by atoms with Crippen LogP contribution in [0.1, 0.15) is 24.6 Å². The van der Waals surface area contributed by atoms with E-state index in [4.69, 9.17) is 11.6 Å². The lowest BCUT2D eigenvalue weighted by molar-refractivity contribution is 0.178. The van der Waals surface area contributed by atoms with Crippen molar-refractivity contribution in [2.45, 2.75) is 32.9 Å². The molecule has 1 aromatic carbocycles. The molecule has 3 rings (SSSR count). The van der Waals surface area contributed by atoms with Crippen LogP contribution in [-0.2, 0) is 13.6 Å². The lowest BCUT2D eigenvalue weighted by Crippen LogP contribution is -2.23. The normalized spacial score (nSPS) is 12.1. The van der Waals surface area contributed by atoms with Gasteiger partial charge in [-0.2, -0.15) is 5.26 Å². The van der Waals surface area contributed by atoms with Gasteiger partial charge in [0, 0.05) is 25.0 Å². The van der Waals surface area contributed by atoms with Crippen molar-refractivity contribution in [3.63, 3.8) is 0 Å². The van der Waals surface area contributed by atoms with E-state index in [-0.39, 0.29) is 16.4 Å². The number of fused-ring (bicyclic) bond motifs is 1. The molecule has 0 fully saturated rings. The van der Waals surface area contributed by atoms with Gasteiger partial charge in [0.05, 0.1) is 22.8 Å². The number of pyridine rings is 1. The summed E-state index contributed by atoms with van der Waals surface area (Å²) in [5.41, 5.74) is 3.64. The third kappa shape index (κ3) is 3.68. The van der Waals surface area contributed by atoms with Gasteiger partial charge in [-0.25, -0.2) is 9.78 Å². The van der Waals surface area contributed by atoms with Gasteiger partial charge in [-0.3, -0.25) is 9.13 Å². The molecule has 0 aliphatic carbocycles. The summed E-state index contributed by atoms with van der Waals surface area (Å²) in [5, 5.41) is 22.3. The zero-order valence-corrected chi connectivity index (χ0v) is 16.1. The van der Waals surface area contributed by atoms with E-state index in [0.717, 1.165) is 16.7 Å². The minimum Gasteiger partial charge on any atom is -0.393 e. The highest BCUT2D eigenvalue weighted by Gasteiger charge is 2.14. The van der Waals surface area contributed by atoms with E-state index in [2.05, 4.69) is 16.4 Å². The number of nitrogens with one attached hydrogen (secondary N) is 1. The number of anilines is 2. The molecule has 2 heterocycles. The van der Waals surface area contributed by atoms with Gasteiger partial charge in [-0.1, -0.05) is 11.6 Å². The predicted octanol–water partition coefficient (Wildman–Crippen LogP) is 3.08. The van der Waals surface area contributed by atoms with Crippen molar-refractivity contribution in [3.8, 4) is 6.07 Å². The Labute approximate surface area is 161 Å². The van der Waals surface area contributed by atoms with Gasteiger partial charge >= 0.3 is 5.69 Å². The second kappa shape index (κ2) is 7.43. The summed E-state index contributed by atoms with van der Waals surface area (Å²) in [4.78, 5) is 16.6. The van der Waals surface area contributed by atoms with Crippen molar-refractivity contribution < 1.29 is 5.11 Å². The standard InChI is InChI=1S/C19H20ClN5O2/c1-11-8-15(14(10-21)18(20)22-11)23-13-4-5-16-17(9-13)25(7-6-12(2)26)19(27)24(16)3/h4-5,8-9,12,26H,6-7H2,1-3H3,(H,22,23). The van der Waals surface area contributed by atoms with E-state index < -0.39 is 6.10 Å². The topological polar surface area (TPSA) is 95.9 Å². The molecule has 0 spiro atoms. The number of nitriles is 1. The Morgan fingerprint density at radius 1 is 1.37 bits per heavy atom. The van der Waals surface area contributed by atoms with Crippen LogP contribution in [-0.4, -0.2) is 25.3 Å². The van der Waals surface area contributed by atoms with Crippen LogP contribution in [0.25, 0.3) is 11.0 Å². The van der Waals surface area contributed by atoms with Crippen LogP contribution < -0.4 is 11.0 Å². The number of imidazole rings is 1. The van der Waals surface area contributed by atoms with Gasteiger partial charge in [-0.05, 0) is 44.5 Å². The number of halogens is 1. The molecular formula is C19H20ClN5O2. The Kier molecular flexibility index (Phi) is 5.22. The molecule has 8 heteroatoms. The Balaban J connectivity index is 2.06. The third-order valence-corrected chi connectivity index (χ3v) is 4.68. The summed E-state index contributed by atoms with van der Waals surface area (Å²) in [5.74, 6) is 0. The molecule has 27 heavy (non-hydrogen) atoms. The van der Waals surface area contributed by atoms with Gasteiger partial charge < -0.3 is 10.4 Å². The maximum Gasteiger partial charge on any atom is 0.328 e. The highest BCUT2D eigenvalue weighted by atomic mass is 35.5. The number of benzene rings is 1. The number of nitrogens with zero attached hydrogens (tertiary/aromatic N) is 4. The molecule has 0 bridgehead atoms. The molecule has 0 aliphatic rings. The Hall–Kier alpha value is -2.82. The Bertz CT molecular complexity index is 1110. The summed E-state index contributed by atoms with van der Waals surface area (Å²) in [7, 11) is 1.72. The molecule has 2 N–H and O–H groups in total. The van der Waals surface area contributed by atoms with E-state index in [1.165, 1.54) is 0 Å². The van der Waals surface area contributed by atoms with Gasteiger partial charge in [0.25, 0.3) is 0 Å². The van der Waals surface area contributed by atoms with Crippen molar-refractivity contribution in [2.75, 3.05) is 5.32 Å². The summed E-state index contributed by atoms with van der Waals surface area (Å²) < 4.78 is 3.22. The summed E-state index contributed by atoms with van der Waals surface area (Å²) >= 11 is 6.07. The molecular weight excluding hydrogens is 366 g/mol. The molecule has 0 radical (unpaired) electrons. The van der Waals surface area contributed by atoms with Gasteiger partial charge in [-0.15, -0.1) is 0 Å². The minimum absolute atomic E-state index is 0.136. The molecule has 1 unspecified atom stereocenters. The van der Waals surface area contributed by atoms with E-state index in [1.54, 1.807) is 36.1 Å². The Morgan fingerprint density at radius 3 is 2.78 bits per heavy atom. The number of aryl methyl sites for hydroxylation is 3. The molecule has 7 nitrogen and oxygen atoms in total. The van der Waals surface area contributed by atoms with Crippen LogP contribution in [0.4, 0.5) is 11.4 Å². The average molecular weight is 386 g/mol. The second-order valence-electron chi connectivity index (χ2n) is 6.55. The molecule has 1 atom stereocenters. The summed E-state index contributed by atoms with van der Waals surface area (Å²) in [6, 6.07) is 9.35. The molecule has 0 saturated carbocycles. The first-order valence-electron chi connectivity index (χ1n) is 8.53. The van der Waals surface area contributed by atoms with E-state index in [1.807, 2.05) is 18.2 Å². The monoisotopic (exact) mass is 385 g/mol. The number of rotatable bonds is 5. The quantitative estimate of drug-likeness (QED) is 0.658. The minimum atomic E-state index is -0.492. The first-order valence-corrected chi connectivity index (χ1v) is 8.91. The number of aromatic nitrogens is 3. The fourth-order valence-corrected chi connectivity index (χ4v) is 3.29. The number of aliphatic hydroxyl groups excluding tert-OH is 1. The lowest BCUT2D eigenvalue weighted by atomic mass is 10.2. The molecule has 140 valence electrons. The van der Waals surface area contributed by atoms with Crippen molar-refractivity contribution >= 4 is 34.0 Å². The molecule has 2 aromatic heterocycles. The smallest absolute Gasteiger partial charge is 0.328 e. The summed E-state index contributed by atoms with van der Waals surface area (Å²) in [6.45, 7) is 3.91. The molecule has 0 aliphatic heterocycles. The van der Waals surface area contributed by atoms with Gasteiger partial charge in [0.2, 0.25) is 0 Å². The van der Waals surface area contributed by atoms with Crippen LogP contribution in [0.15, 0.2) is 29.1 Å². The number of hydrogen-bond donors (Lipinski definition) is 2. The first kappa shape index (κ1) is 19.0. The van der Waals surface area contributed by atoms with Crippen molar-refractivity contribution in [2.24, 2.45) is 7.05 Å². The zero-order valence-electron chi connectivity index (χ0n) is 15.3. The van der Waals surface area contributed by atoms with Crippen LogP contribution >= 0.6 is 11.6 Å². The van der Waals surface area contributed by atoms with Crippen LogP contribution in [0.2, 0.25) is 5.15 Å². The van der Waals surface area contributed by atoms with Crippen molar-refractivity contribution in [3.05, 3.63) is 51.2 Å². The van der Waals surface area contributed by atoms with Crippen LogP contribution in [0, 0.1) is 18.3 Å². The summed E-state index contributed by atoms with van der Waals surface area (Å²) in [6.07, 6.45) is -0.0115. The second-order valence-corrected chi connectivity index (χ2v) is 6.91. The SMILES string of the molecule is Cc1cc(Nc2ccc3c(c2)n(CCC(C)O)c(=O)n3C)c(C#N)c(Cl)n1. The van der Waals surface area contributed by atoms with Crippen molar-refractivity contribution in [1.29, 1.82) is 5.26 Å². The van der Waals surface area contributed by atoms with E-state index >= 15 is 0 Å². The molecule has 0 amide bonds. The third-order valence-electron chi connectivity index (χ3n) is 4.41. The number of aliphatic hydroxyl groups is 1. The first-order chi connectivity index (χ1) is 12.8. The average Bonchev–Trinajstić information content (AvgIpc) is 2.83.